The number of carbonyl (C=O) groups excluding carboxylic acids is 2. The van der Waals surface area contributed by atoms with Gasteiger partial charge in [0.05, 0.1) is 0 Å². The molecule has 7 nitrogen and oxygen atoms in total. The molecule has 0 radical (unpaired) electrons. The Labute approximate surface area is 175 Å². The zero-order valence-corrected chi connectivity index (χ0v) is 16.1. The lowest BCUT2D eigenvalue weighted by atomic mass is 10.2. The summed E-state index contributed by atoms with van der Waals surface area (Å²) < 4.78 is 56.9. The molecule has 0 aliphatic carbocycles. The number of carbonyl (C=O) groups is 2. The van der Waals surface area contributed by atoms with Gasteiger partial charge in [-0.2, -0.15) is 0 Å². The van der Waals surface area contributed by atoms with Crippen LogP contribution in [0.25, 0.3) is 6.08 Å². The van der Waals surface area contributed by atoms with Crippen molar-refractivity contribution in [3.63, 3.8) is 0 Å². The van der Waals surface area contributed by atoms with Gasteiger partial charge in [-0.25, -0.2) is 4.79 Å². The Morgan fingerprint density at radius 3 is 2.58 bits per heavy atom. The number of para-hydroxylation sites is 1. The number of rotatable bonds is 7. The fraction of sp³-hybridized carbons (Fsp3) is 0.238. The van der Waals surface area contributed by atoms with Crippen molar-refractivity contribution in [2.24, 2.45) is 0 Å². The molecule has 1 aliphatic heterocycles. The molecule has 0 atom stereocenters. The fourth-order valence-electron chi connectivity index (χ4n) is 2.63. The van der Waals surface area contributed by atoms with Crippen LogP contribution in [-0.2, 0) is 20.9 Å². The molecule has 0 unspecified atom stereocenters. The lowest BCUT2D eigenvalue weighted by Gasteiger charge is -2.18. The summed E-state index contributed by atoms with van der Waals surface area (Å²) in [7, 11) is 0. The standard InChI is InChI=1S/C21H18F3NO6/c22-21(23,24)31-16-4-2-1-3-15(16)12-25-19(26)13-30-20(27)8-6-14-5-7-17-18(11-14)29-10-9-28-17/h1-8,11H,9-10,12-13H2,(H,25,26)/b8-6+. The first-order valence-electron chi connectivity index (χ1n) is 9.15. The summed E-state index contributed by atoms with van der Waals surface area (Å²) in [6, 6.07) is 10.5. The van der Waals surface area contributed by atoms with Crippen LogP contribution >= 0.6 is 0 Å². The van der Waals surface area contributed by atoms with Crippen LogP contribution < -0.4 is 19.5 Å². The van der Waals surface area contributed by atoms with E-state index in [1.54, 1.807) is 18.2 Å². The van der Waals surface area contributed by atoms with Crippen LogP contribution in [0.4, 0.5) is 13.2 Å². The molecule has 0 aromatic heterocycles. The Kier molecular flexibility index (Phi) is 7.01. The molecule has 10 heteroatoms. The minimum absolute atomic E-state index is 0.123. The molecule has 1 heterocycles. The van der Waals surface area contributed by atoms with Gasteiger partial charge in [-0.05, 0) is 29.8 Å². The van der Waals surface area contributed by atoms with Gasteiger partial charge in [0.15, 0.2) is 18.1 Å². The van der Waals surface area contributed by atoms with Crippen molar-refractivity contribution in [1.82, 2.24) is 5.32 Å². The van der Waals surface area contributed by atoms with E-state index in [-0.39, 0.29) is 12.1 Å². The number of halogens is 3. The van der Waals surface area contributed by atoms with Gasteiger partial charge in [0.2, 0.25) is 0 Å². The van der Waals surface area contributed by atoms with E-state index in [0.29, 0.717) is 30.3 Å². The van der Waals surface area contributed by atoms with Crippen molar-refractivity contribution in [3.8, 4) is 17.2 Å². The number of ether oxygens (including phenoxy) is 4. The molecule has 2 aromatic rings. The average Bonchev–Trinajstić information content (AvgIpc) is 2.74. The highest BCUT2D eigenvalue weighted by molar-refractivity contribution is 5.89. The zero-order chi connectivity index (χ0) is 22.3. The summed E-state index contributed by atoms with van der Waals surface area (Å²) in [5, 5.41) is 2.37. The lowest BCUT2D eigenvalue weighted by molar-refractivity contribution is -0.274. The minimum Gasteiger partial charge on any atom is -0.486 e. The molecular weight excluding hydrogens is 419 g/mol. The quantitative estimate of drug-likeness (QED) is 0.529. The van der Waals surface area contributed by atoms with Crippen molar-refractivity contribution in [3.05, 3.63) is 59.7 Å². The first-order chi connectivity index (χ1) is 14.8. The Hall–Kier alpha value is -3.69. The third-order valence-electron chi connectivity index (χ3n) is 4.00. The third-order valence-corrected chi connectivity index (χ3v) is 4.00. The molecule has 31 heavy (non-hydrogen) atoms. The van der Waals surface area contributed by atoms with E-state index >= 15 is 0 Å². The van der Waals surface area contributed by atoms with Crippen LogP contribution in [0.3, 0.4) is 0 Å². The van der Waals surface area contributed by atoms with E-state index in [1.165, 1.54) is 24.3 Å². The van der Waals surface area contributed by atoms with E-state index in [4.69, 9.17) is 14.2 Å². The minimum atomic E-state index is -4.85. The lowest BCUT2D eigenvalue weighted by Crippen LogP contribution is -2.28. The normalized spacial score (nSPS) is 13.0. The van der Waals surface area contributed by atoms with Crippen molar-refractivity contribution >= 4 is 18.0 Å². The molecule has 164 valence electrons. The third kappa shape index (κ3) is 6.95. The maximum absolute atomic E-state index is 12.4. The molecule has 0 spiro atoms. The number of alkyl halides is 3. The molecule has 2 aromatic carbocycles. The summed E-state index contributed by atoms with van der Waals surface area (Å²) in [5.41, 5.74) is 0.796. The molecule has 1 amide bonds. The topological polar surface area (TPSA) is 83.1 Å². The van der Waals surface area contributed by atoms with Gasteiger partial charge in [-0.15, -0.1) is 13.2 Å². The fourth-order valence-corrected chi connectivity index (χ4v) is 2.63. The number of hydrogen-bond donors (Lipinski definition) is 1. The van der Waals surface area contributed by atoms with E-state index in [9.17, 15) is 22.8 Å². The summed E-state index contributed by atoms with van der Waals surface area (Å²) >= 11 is 0. The van der Waals surface area contributed by atoms with Crippen molar-refractivity contribution in [1.29, 1.82) is 0 Å². The first kappa shape index (κ1) is 22.0. The second kappa shape index (κ2) is 9.88. The van der Waals surface area contributed by atoms with Crippen LogP contribution in [0.1, 0.15) is 11.1 Å². The van der Waals surface area contributed by atoms with E-state index in [0.717, 1.165) is 12.1 Å². The van der Waals surface area contributed by atoms with Gasteiger partial charge in [0, 0.05) is 18.2 Å². The Bertz CT molecular complexity index is 974. The molecule has 1 N–H and O–H groups in total. The monoisotopic (exact) mass is 437 g/mol. The van der Waals surface area contributed by atoms with Gasteiger partial charge in [-0.3, -0.25) is 4.79 Å². The van der Waals surface area contributed by atoms with Crippen LogP contribution in [0.5, 0.6) is 17.2 Å². The van der Waals surface area contributed by atoms with Gasteiger partial charge in [0.1, 0.15) is 19.0 Å². The highest BCUT2D eigenvalue weighted by Crippen LogP contribution is 2.31. The summed E-state index contributed by atoms with van der Waals surface area (Å²) in [5.74, 6) is -0.677. The maximum atomic E-state index is 12.4. The van der Waals surface area contributed by atoms with Gasteiger partial charge in [-0.1, -0.05) is 24.3 Å². The number of benzene rings is 2. The molecule has 3 rings (SSSR count). The molecule has 0 bridgehead atoms. The summed E-state index contributed by atoms with van der Waals surface area (Å²) in [4.78, 5) is 23.7. The maximum Gasteiger partial charge on any atom is 0.573 e. The molecule has 0 saturated carbocycles. The van der Waals surface area contributed by atoms with E-state index < -0.39 is 30.6 Å². The highest BCUT2D eigenvalue weighted by atomic mass is 19.4. The molecule has 0 saturated heterocycles. The van der Waals surface area contributed by atoms with E-state index in [1.807, 2.05) is 0 Å². The average molecular weight is 437 g/mol. The van der Waals surface area contributed by atoms with Crippen LogP contribution in [0, 0.1) is 0 Å². The van der Waals surface area contributed by atoms with Crippen LogP contribution in [0.2, 0.25) is 0 Å². The van der Waals surface area contributed by atoms with Crippen molar-refractivity contribution in [2.45, 2.75) is 12.9 Å². The summed E-state index contributed by atoms with van der Waals surface area (Å²) in [6.45, 7) is 0.0872. The SMILES string of the molecule is O=C(COC(=O)/C=C/c1ccc2c(c1)OCCO2)NCc1ccccc1OC(F)(F)F. The predicted octanol–water partition coefficient (Wildman–Crippen LogP) is 3.23. The zero-order valence-electron chi connectivity index (χ0n) is 16.1. The predicted molar refractivity (Wildman–Crippen MR) is 102 cm³/mol. The van der Waals surface area contributed by atoms with Gasteiger partial charge >= 0.3 is 12.3 Å². The van der Waals surface area contributed by atoms with Gasteiger partial charge in [0.25, 0.3) is 5.91 Å². The Balaban J connectivity index is 1.46. The smallest absolute Gasteiger partial charge is 0.486 e. The summed E-state index contributed by atoms with van der Waals surface area (Å²) in [6.07, 6.45) is -2.21. The van der Waals surface area contributed by atoms with Crippen molar-refractivity contribution in [2.75, 3.05) is 19.8 Å². The number of nitrogens with one attached hydrogen (secondary N) is 1. The number of hydrogen-bond acceptors (Lipinski definition) is 6. The second-order valence-corrected chi connectivity index (χ2v) is 6.28. The largest absolute Gasteiger partial charge is 0.573 e. The first-order valence-corrected chi connectivity index (χ1v) is 9.15. The highest BCUT2D eigenvalue weighted by Gasteiger charge is 2.32. The second-order valence-electron chi connectivity index (χ2n) is 6.28. The molecule has 0 fully saturated rings. The molecular formula is C21H18F3NO6. The van der Waals surface area contributed by atoms with Gasteiger partial charge < -0.3 is 24.3 Å². The Morgan fingerprint density at radius 2 is 1.81 bits per heavy atom. The Morgan fingerprint density at radius 1 is 1.06 bits per heavy atom. The van der Waals surface area contributed by atoms with Crippen molar-refractivity contribution < 1.29 is 41.7 Å². The number of esters is 1. The van der Waals surface area contributed by atoms with Crippen LogP contribution in [-0.4, -0.2) is 38.1 Å². The molecule has 1 aliphatic rings. The van der Waals surface area contributed by atoms with E-state index in [2.05, 4.69) is 10.1 Å². The number of fused-ring (bicyclic) bond motifs is 1. The van der Waals surface area contributed by atoms with Crippen LogP contribution in [0.15, 0.2) is 48.5 Å². The number of amides is 1.